The Balaban J connectivity index is 2.38. The fraction of sp³-hybridized carbons (Fsp3) is 0.588. The average Bonchev–Trinajstić information content (AvgIpc) is 2.41. The molecule has 1 aromatic rings. The smallest absolute Gasteiger partial charge is 0.220 e. The van der Waals surface area contributed by atoms with Gasteiger partial charge in [0.15, 0.2) is 0 Å². The van der Waals surface area contributed by atoms with Crippen LogP contribution < -0.4 is 11.1 Å². The van der Waals surface area contributed by atoms with Crippen molar-refractivity contribution < 1.29 is 4.79 Å². The first-order chi connectivity index (χ1) is 9.90. The molecular weight excluding hydrogens is 262 g/mol. The lowest BCUT2D eigenvalue weighted by atomic mass is 10.0. The van der Waals surface area contributed by atoms with E-state index in [1.807, 2.05) is 24.3 Å². The number of anilines is 1. The predicted molar refractivity (Wildman–Crippen MR) is 89.1 cm³/mol. The minimum absolute atomic E-state index is 0.0915. The van der Waals surface area contributed by atoms with Crippen LogP contribution in [0.2, 0.25) is 0 Å². The van der Waals surface area contributed by atoms with Gasteiger partial charge in [-0.05, 0) is 44.5 Å². The van der Waals surface area contributed by atoms with Gasteiger partial charge in [-0.25, -0.2) is 0 Å². The van der Waals surface area contributed by atoms with Crippen molar-refractivity contribution in [1.29, 1.82) is 0 Å². The highest BCUT2D eigenvalue weighted by Gasteiger charge is 2.14. The molecule has 0 aliphatic heterocycles. The standard InChI is InChI=1S/C17H29N3O/c1-13(2)11-15(20(3)4)12-19-17(21)10-9-14-7-5-6-8-16(14)18/h5-8,13,15H,9-12,18H2,1-4H3,(H,19,21). The number of nitrogens with two attached hydrogens (primary N) is 1. The number of amides is 1. The number of nitrogen functional groups attached to an aromatic ring is 1. The van der Waals surface area contributed by atoms with E-state index in [1.54, 1.807) is 0 Å². The molecule has 21 heavy (non-hydrogen) atoms. The monoisotopic (exact) mass is 291 g/mol. The van der Waals surface area contributed by atoms with E-state index in [0.29, 0.717) is 31.3 Å². The molecule has 118 valence electrons. The molecule has 4 heteroatoms. The number of aryl methyl sites for hydroxylation is 1. The van der Waals surface area contributed by atoms with Gasteiger partial charge >= 0.3 is 0 Å². The Morgan fingerprint density at radius 1 is 1.29 bits per heavy atom. The minimum atomic E-state index is 0.0915. The number of rotatable bonds is 8. The first kappa shape index (κ1) is 17.5. The highest BCUT2D eigenvalue weighted by atomic mass is 16.1. The van der Waals surface area contributed by atoms with Crippen LogP contribution in [0.1, 0.15) is 32.3 Å². The number of nitrogens with one attached hydrogen (secondary N) is 1. The Hall–Kier alpha value is -1.55. The van der Waals surface area contributed by atoms with Gasteiger partial charge in [-0.3, -0.25) is 4.79 Å². The van der Waals surface area contributed by atoms with Gasteiger partial charge < -0.3 is 16.0 Å². The zero-order valence-corrected chi connectivity index (χ0v) is 13.7. The number of hydrogen-bond acceptors (Lipinski definition) is 3. The first-order valence-corrected chi connectivity index (χ1v) is 7.66. The van der Waals surface area contributed by atoms with E-state index >= 15 is 0 Å². The molecule has 4 nitrogen and oxygen atoms in total. The lowest BCUT2D eigenvalue weighted by Crippen LogP contribution is -2.41. The molecule has 0 saturated carbocycles. The Morgan fingerprint density at radius 3 is 2.52 bits per heavy atom. The summed E-state index contributed by atoms with van der Waals surface area (Å²) >= 11 is 0. The van der Waals surface area contributed by atoms with E-state index in [-0.39, 0.29) is 5.91 Å². The number of likely N-dealkylation sites (N-methyl/N-ethyl adjacent to an activating group) is 1. The summed E-state index contributed by atoms with van der Waals surface area (Å²) in [5.74, 6) is 0.715. The van der Waals surface area contributed by atoms with Gasteiger partial charge in [0.25, 0.3) is 0 Å². The van der Waals surface area contributed by atoms with Crippen LogP contribution in [0.4, 0.5) is 5.69 Å². The average molecular weight is 291 g/mol. The molecule has 1 unspecified atom stereocenters. The van der Waals surface area contributed by atoms with Crippen molar-refractivity contribution in [3.63, 3.8) is 0 Å². The van der Waals surface area contributed by atoms with Crippen molar-refractivity contribution in [1.82, 2.24) is 10.2 Å². The van der Waals surface area contributed by atoms with Crippen LogP contribution in [0.5, 0.6) is 0 Å². The number of carbonyl (C=O) groups excluding carboxylic acids is 1. The third-order valence-electron chi connectivity index (χ3n) is 3.69. The fourth-order valence-corrected chi connectivity index (χ4v) is 2.35. The Kier molecular flexibility index (Phi) is 7.23. The summed E-state index contributed by atoms with van der Waals surface area (Å²) in [7, 11) is 4.12. The van der Waals surface area contributed by atoms with Crippen LogP contribution in [0.3, 0.4) is 0 Å². The molecule has 0 bridgehead atoms. The van der Waals surface area contributed by atoms with Crippen LogP contribution in [0.15, 0.2) is 24.3 Å². The minimum Gasteiger partial charge on any atom is -0.399 e. The summed E-state index contributed by atoms with van der Waals surface area (Å²) in [6.45, 7) is 5.11. The second-order valence-electron chi connectivity index (χ2n) is 6.25. The molecule has 0 aliphatic carbocycles. The fourth-order valence-electron chi connectivity index (χ4n) is 2.35. The van der Waals surface area contributed by atoms with Gasteiger partial charge in [-0.15, -0.1) is 0 Å². The van der Waals surface area contributed by atoms with E-state index in [0.717, 1.165) is 17.7 Å². The molecule has 3 N–H and O–H groups in total. The molecule has 0 radical (unpaired) electrons. The quantitative estimate of drug-likeness (QED) is 0.723. The first-order valence-electron chi connectivity index (χ1n) is 7.66. The van der Waals surface area contributed by atoms with Gasteiger partial charge in [0, 0.05) is 24.7 Å². The summed E-state index contributed by atoms with van der Waals surface area (Å²) in [5.41, 5.74) is 7.69. The molecule has 0 fully saturated rings. The van der Waals surface area contributed by atoms with Crippen molar-refractivity contribution in [2.24, 2.45) is 5.92 Å². The van der Waals surface area contributed by atoms with Gasteiger partial charge in [0.05, 0.1) is 0 Å². The number of nitrogens with zero attached hydrogens (tertiary/aromatic N) is 1. The number of benzene rings is 1. The Labute approximate surface area is 128 Å². The summed E-state index contributed by atoms with van der Waals surface area (Å²) in [5, 5.41) is 3.04. The van der Waals surface area contributed by atoms with Crippen LogP contribution in [-0.2, 0) is 11.2 Å². The third-order valence-corrected chi connectivity index (χ3v) is 3.69. The molecule has 1 amide bonds. The van der Waals surface area contributed by atoms with Gasteiger partial charge in [0.2, 0.25) is 5.91 Å². The molecule has 1 rings (SSSR count). The zero-order chi connectivity index (χ0) is 15.8. The number of hydrogen-bond donors (Lipinski definition) is 2. The van der Waals surface area contributed by atoms with Gasteiger partial charge in [0.1, 0.15) is 0 Å². The maximum absolute atomic E-state index is 12.0. The van der Waals surface area contributed by atoms with E-state index in [4.69, 9.17) is 5.73 Å². The SMILES string of the molecule is CC(C)CC(CNC(=O)CCc1ccccc1N)N(C)C. The van der Waals surface area contributed by atoms with E-state index in [1.165, 1.54) is 0 Å². The third kappa shape index (κ3) is 6.63. The van der Waals surface area contributed by atoms with Crippen molar-refractivity contribution in [2.75, 3.05) is 26.4 Å². The Morgan fingerprint density at radius 2 is 1.95 bits per heavy atom. The summed E-state index contributed by atoms with van der Waals surface area (Å²) < 4.78 is 0. The largest absolute Gasteiger partial charge is 0.399 e. The van der Waals surface area contributed by atoms with Crippen LogP contribution >= 0.6 is 0 Å². The number of carbonyl (C=O) groups is 1. The summed E-state index contributed by atoms with van der Waals surface area (Å²) in [6.07, 6.45) is 2.25. The molecule has 1 atom stereocenters. The second kappa shape index (κ2) is 8.67. The summed E-state index contributed by atoms with van der Waals surface area (Å²) in [4.78, 5) is 14.1. The van der Waals surface area contributed by atoms with Crippen molar-refractivity contribution in [3.05, 3.63) is 29.8 Å². The van der Waals surface area contributed by atoms with Gasteiger partial charge in [-0.2, -0.15) is 0 Å². The maximum Gasteiger partial charge on any atom is 0.220 e. The second-order valence-corrected chi connectivity index (χ2v) is 6.25. The lowest BCUT2D eigenvalue weighted by Gasteiger charge is -2.26. The van der Waals surface area contributed by atoms with Crippen LogP contribution in [0, 0.1) is 5.92 Å². The van der Waals surface area contributed by atoms with E-state index in [2.05, 4.69) is 38.2 Å². The van der Waals surface area contributed by atoms with Crippen LogP contribution in [-0.4, -0.2) is 37.5 Å². The molecule has 0 spiro atoms. The summed E-state index contributed by atoms with van der Waals surface area (Å²) in [6, 6.07) is 8.10. The molecule has 1 aromatic carbocycles. The topological polar surface area (TPSA) is 58.4 Å². The normalized spacial score (nSPS) is 12.7. The van der Waals surface area contributed by atoms with E-state index < -0.39 is 0 Å². The van der Waals surface area contributed by atoms with Gasteiger partial charge in [-0.1, -0.05) is 32.0 Å². The highest BCUT2D eigenvalue weighted by molar-refractivity contribution is 5.76. The predicted octanol–water partition coefficient (Wildman–Crippen LogP) is 2.29. The molecule has 0 heterocycles. The zero-order valence-electron chi connectivity index (χ0n) is 13.7. The molecular formula is C17H29N3O. The number of para-hydroxylation sites is 1. The molecule has 0 saturated heterocycles. The van der Waals surface area contributed by atoms with Crippen molar-refractivity contribution >= 4 is 11.6 Å². The van der Waals surface area contributed by atoms with Crippen LogP contribution in [0.25, 0.3) is 0 Å². The highest BCUT2D eigenvalue weighted by Crippen LogP contribution is 2.12. The molecule has 0 aromatic heterocycles. The maximum atomic E-state index is 12.0. The van der Waals surface area contributed by atoms with Crippen molar-refractivity contribution in [2.45, 2.75) is 39.2 Å². The molecule has 0 aliphatic rings. The van der Waals surface area contributed by atoms with Crippen molar-refractivity contribution in [3.8, 4) is 0 Å². The van der Waals surface area contributed by atoms with E-state index in [9.17, 15) is 4.79 Å². The Bertz CT molecular complexity index is 443. The lowest BCUT2D eigenvalue weighted by molar-refractivity contribution is -0.121.